The van der Waals surface area contributed by atoms with E-state index in [4.69, 9.17) is 0 Å². The smallest absolute Gasteiger partial charge is 0.0273 e. The van der Waals surface area contributed by atoms with Crippen molar-refractivity contribution in [3.63, 3.8) is 0 Å². The third kappa shape index (κ3) is 15.1. The molecule has 32 heavy (non-hydrogen) atoms. The first-order valence-corrected chi connectivity index (χ1v) is 14.7. The topological polar surface area (TPSA) is 0 Å². The molecule has 0 amide bonds. The zero-order valence-corrected chi connectivity index (χ0v) is 22.2. The van der Waals surface area contributed by atoms with Gasteiger partial charge < -0.3 is 0 Å². The molecule has 0 bridgehead atoms. The van der Waals surface area contributed by atoms with E-state index in [1.165, 1.54) is 141 Å². The molecule has 0 unspecified atom stereocenters. The van der Waals surface area contributed by atoms with Gasteiger partial charge in [-0.05, 0) is 55.7 Å². The molecule has 0 aliphatic heterocycles. The van der Waals surface area contributed by atoms with Gasteiger partial charge >= 0.3 is 0 Å². The van der Waals surface area contributed by atoms with Crippen LogP contribution in [0.3, 0.4) is 0 Å². The van der Waals surface area contributed by atoms with Crippen LogP contribution in [-0.4, -0.2) is 0 Å². The Balaban J connectivity index is 2.15. The molecule has 1 aromatic rings. The standard InChI is InChI=1S/C32H57/c1-4-7-9-11-13-15-17-19-21-23-26-30-28-25-29-31(32(30)6-3)27-24-22-20-18-16-14-12-10-8-5-2/h25,28-29H,3-24,26-27H2,1-2H3. The molecule has 1 radical (unpaired) electrons. The third-order valence-electron chi connectivity index (χ3n) is 7.22. The Labute approximate surface area is 203 Å². The number of rotatable bonds is 23. The summed E-state index contributed by atoms with van der Waals surface area (Å²) in [6, 6.07) is 7.04. The van der Waals surface area contributed by atoms with Gasteiger partial charge in [-0.3, -0.25) is 0 Å². The number of benzene rings is 1. The number of hydrogen-bond donors (Lipinski definition) is 0. The predicted molar refractivity (Wildman–Crippen MR) is 147 cm³/mol. The normalized spacial score (nSPS) is 11.3. The molecule has 0 spiro atoms. The molecule has 0 N–H and O–H groups in total. The van der Waals surface area contributed by atoms with Gasteiger partial charge in [0, 0.05) is 0 Å². The molecule has 0 atom stereocenters. The second-order valence-electron chi connectivity index (χ2n) is 10.2. The van der Waals surface area contributed by atoms with E-state index in [1.54, 1.807) is 16.7 Å². The van der Waals surface area contributed by atoms with Crippen molar-refractivity contribution < 1.29 is 0 Å². The summed E-state index contributed by atoms with van der Waals surface area (Å²) in [5.74, 6) is 0. The van der Waals surface area contributed by atoms with Crippen molar-refractivity contribution in [2.45, 2.75) is 162 Å². The Morgan fingerprint density at radius 1 is 0.469 bits per heavy atom. The molecule has 1 aromatic carbocycles. The van der Waals surface area contributed by atoms with Crippen LogP contribution >= 0.6 is 0 Å². The molecule has 0 aliphatic carbocycles. The fourth-order valence-corrected chi connectivity index (χ4v) is 5.08. The summed E-state index contributed by atoms with van der Waals surface area (Å²) in [5.41, 5.74) is 4.74. The second kappa shape index (κ2) is 22.0. The minimum Gasteiger partial charge on any atom is -0.0654 e. The third-order valence-corrected chi connectivity index (χ3v) is 7.22. The first-order valence-electron chi connectivity index (χ1n) is 14.7. The van der Waals surface area contributed by atoms with Gasteiger partial charge in [-0.2, -0.15) is 0 Å². The van der Waals surface area contributed by atoms with Crippen LogP contribution in [0.25, 0.3) is 0 Å². The van der Waals surface area contributed by atoms with E-state index in [2.05, 4.69) is 39.0 Å². The maximum Gasteiger partial charge on any atom is -0.0273 e. The fourth-order valence-electron chi connectivity index (χ4n) is 5.08. The van der Waals surface area contributed by atoms with Gasteiger partial charge in [0.25, 0.3) is 0 Å². The van der Waals surface area contributed by atoms with E-state index in [9.17, 15) is 0 Å². The first kappa shape index (κ1) is 29.3. The molecule has 0 aliphatic rings. The fraction of sp³-hybridized carbons (Fsp3) is 0.781. The van der Waals surface area contributed by atoms with Crippen molar-refractivity contribution in [2.75, 3.05) is 0 Å². The molecule has 0 heteroatoms. The highest BCUT2D eigenvalue weighted by molar-refractivity contribution is 5.36. The SMILES string of the molecule is [CH2]Cc1c(CCCCCCCCCCCC)cccc1CCCCCCCCCCCC. The van der Waals surface area contributed by atoms with E-state index < -0.39 is 0 Å². The Morgan fingerprint density at radius 2 is 0.781 bits per heavy atom. The summed E-state index contributed by atoms with van der Waals surface area (Å²) in [4.78, 5) is 0. The average molecular weight is 442 g/mol. The van der Waals surface area contributed by atoms with Gasteiger partial charge in [0.05, 0.1) is 0 Å². The second-order valence-corrected chi connectivity index (χ2v) is 10.2. The zero-order chi connectivity index (χ0) is 23.1. The van der Waals surface area contributed by atoms with Crippen molar-refractivity contribution in [1.29, 1.82) is 0 Å². The molecule has 0 saturated heterocycles. The van der Waals surface area contributed by atoms with Crippen LogP contribution in [0.5, 0.6) is 0 Å². The molecule has 0 aromatic heterocycles. The van der Waals surface area contributed by atoms with Crippen molar-refractivity contribution in [1.82, 2.24) is 0 Å². The van der Waals surface area contributed by atoms with Crippen molar-refractivity contribution >= 4 is 0 Å². The summed E-state index contributed by atoms with van der Waals surface area (Å²) < 4.78 is 0. The molecule has 0 saturated carbocycles. The van der Waals surface area contributed by atoms with Gasteiger partial charge in [0.15, 0.2) is 0 Å². The van der Waals surface area contributed by atoms with Gasteiger partial charge in [-0.1, -0.05) is 148 Å². The minimum atomic E-state index is 0.959. The van der Waals surface area contributed by atoms with Crippen LogP contribution in [0.15, 0.2) is 18.2 Å². The molecular formula is C32H57. The molecule has 185 valence electrons. The van der Waals surface area contributed by atoms with E-state index in [-0.39, 0.29) is 0 Å². The number of aryl methyl sites for hydroxylation is 2. The van der Waals surface area contributed by atoms with Gasteiger partial charge in [0.2, 0.25) is 0 Å². The lowest BCUT2D eigenvalue weighted by Crippen LogP contribution is -2.00. The van der Waals surface area contributed by atoms with Crippen molar-refractivity contribution in [2.24, 2.45) is 0 Å². The summed E-state index contributed by atoms with van der Waals surface area (Å²) in [6.45, 7) is 8.87. The Kier molecular flexibility index (Phi) is 20.1. The predicted octanol–water partition coefficient (Wildman–Crippen LogP) is 11.0. The van der Waals surface area contributed by atoms with Crippen LogP contribution in [-0.2, 0) is 19.3 Å². The highest BCUT2D eigenvalue weighted by Gasteiger charge is 2.07. The molecule has 0 heterocycles. The lowest BCUT2D eigenvalue weighted by atomic mass is 9.92. The highest BCUT2D eigenvalue weighted by Crippen LogP contribution is 2.21. The summed E-state index contributed by atoms with van der Waals surface area (Å²) in [6.07, 6.45) is 31.8. The van der Waals surface area contributed by atoms with Crippen molar-refractivity contribution in [3.8, 4) is 0 Å². The maximum absolute atomic E-state index is 4.28. The molecular weight excluding hydrogens is 384 g/mol. The summed E-state index contributed by atoms with van der Waals surface area (Å²) in [5, 5.41) is 0. The van der Waals surface area contributed by atoms with Crippen LogP contribution in [0.2, 0.25) is 0 Å². The van der Waals surface area contributed by atoms with E-state index in [1.807, 2.05) is 0 Å². The van der Waals surface area contributed by atoms with Crippen LogP contribution in [0.4, 0.5) is 0 Å². The van der Waals surface area contributed by atoms with Gasteiger partial charge in [-0.15, -0.1) is 0 Å². The number of hydrogen-bond acceptors (Lipinski definition) is 0. The van der Waals surface area contributed by atoms with Crippen LogP contribution < -0.4 is 0 Å². The quantitative estimate of drug-likeness (QED) is 0.148. The van der Waals surface area contributed by atoms with Crippen LogP contribution in [0.1, 0.15) is 159 Å². The highest BCUT2D eigenvalue weighted by atomic mass is 14.1. The van der Waals surface area contributed by atoms with E-state index in [0.29, 0.717) is 0 Å². The maximum atomic E-state index is 4.28. The summed E-state index contributed by atoms with van der Waals surface area (Å²) >= 11 is 0. The summed E-state index contributed by atoms with van der Waals surface area (Å²) in [7, 11) is 0. The van der Waals surface area contributed by atoms with Gasteiger partial charge in [0.1, 0.15) is 0 Å². The Bertz CT molecular complexity index is 473. The average Bonchev–Trinajstić information content (AvgIpc) is 2.81. The van der Waals surface area contributed by atoms with Gasteiger partial charge in [-0.25, -0.2) is 0 Å². The van der Waals surface area contributed by atoms with E-state index >= 15 is 0 Å². The first-order chi connectivity index (χ1) is 15.8. The Hall–Kier alpha value is -0.780. The number of unbranched alkanes of at least 4 members (excludes halogenated alkanes) is 18. The zero-order valence-electron chi connectivity index (χ0n) is 22.2. The Morgan fingerprint density at radius 3 is 1.09 bits per heavy atom. The van der Waals surface area contributed by atoms with E-state index in [0.717, 1.165) is 6.42 Å². The van der Waals surface area contributed by atoms with Crippen molar-refractivity contribution in [3.05, 3.63) is 41.8 Å². The lowest BCUT2D eigenvalue weighted by molar-refractivity contribution is 0.555. The lowest BCUT2D eigenvalue weighted by Gasteiger charge is -2.14. The largest absolute Gasteiger partial charge is 0.0654 e. The molecule has 0 nitrogen and oxygen atoms in total. The molecule has 1 rings (SSSR count). The monoisotopic (exact) mass is 441 g/mol. The minimum absolute atomic E-state index is 0.959. The molecule has 0 fully saturated rings. The van der Waals surface area contributed by atoms with Crippen LogP contribution in [0, 0.1) is 6.92 Å².